The van der Waals surface area contributed by atoms with E-state index in [0.717, 1.165) is 12.2 Å². The Morgan fingerprint density at radius 3 is 3.04 bits per heavy atom. The number of urea groups is 1. The Hall–Kier alpha value is -2.86. The van der Waals surface area contributed by atoms with Crippen LogP contribution in [0.1, 0.15) is 17.2 Å². The van der Waals surface area contributed by atoms with Crippen molar-refractivity contribution in [2.75, 3.05) is 18.9 Å². The molecule has 6 nitrogen and oxygen atoms in total. The van der Waals surface area contributed by atoms with E-state index in [0.29, 0.717) is 12.4 Å². The third-order valence-corrected chi connectivity index (χ3v) is 4.49. The number of likely N-dealkylation sites (N-methyl/N-ethyl adjacent to an activating group) is 1. The van der Waals surface area contributed by atoms with Gasteiger partial charge in [-0.05, 0) is 30.3 Å². The number of imidazole rings is 1. The molecule has 24 heavy (non-hydrogen) atoms. The second-order valence-corrected chi connectivity index (χ2v) is 6.03. The highest BCUT2D eigenvalue weighted by molar-refractivity contribution is 5.88. The van der Waals surface area contributed by atoms with E-state index in [1.165, 1.54) is 11.1 Å². The van der Waals surface area contributed by atoms with Crippen LogP contribution in [0.2, 0.25) is 0 Å². The summed E-state index contributed by atoms with van der Waals surface area (Å²) in [7, 11) is 2.08. The van der Waals surface area contributed by atoms with Gasteiger partial charge in [0.1, 0.15) is 11.5 Å². The molecule has 1 aliphatic rings. The van der Waals surface area contributed by atoms with Crippen molar-refractivity contribution in [3.8, 4) is 0 Å². The van der Waals surface area contributed by atoms with Gasteiger partial charge in [0.05, 0.1) is 6.04 Å². The van der Waals surface area contributed by atoms with Gasteiger partial charge in [-0.3, -0.25) is 14.6 Å². The van der Waals surface area contributed by atoms with Crippen molar-refractivity contribution in [2.24, 2.45) is 0 Å². The van der Waals surface area contributed by atoms with E-state index in [9.17, 15) is 4.79 Å². The van der Waals surface area contributed by atoms with E-state index < -0.39 is 0 Å². The molecule has 4 rings (SSSR count). The van der Waals surface area contributed by atoms with Crippen LogP contribution in [-0.4, -0.2) is 33.9 Å². The maximum absolute atomic E-state index is 12.3. The molecule has 122 valence electrons. The van der Waals surface area contributed by atoms with Gasteiger partial charge in [-0.25, -0.2) is 9.78 Å². The van der Waals surface area contributed by atoms with Crippen LogP contribution in [0.3, 0.4) is 0 Å². The Bertz CT molecular complexity index is 888. The summed E-state index contributed by atoms with van der Waals surface area (Å²) < 4.78 is 1.84. The zero-order valence-electron chi connectivity index (χ0n) is 13.4. The SMILES string of the molecule is CN1Cc2ccccc2C1CNC(=O)Nc1cccc2nccn12. The molecule has 0 fully saturated rings. The number of rotatable bonds is 3. The van der Waals surface area contributed by atoms with Crippen LogP contribution in [0.5, 0.6) is 0 Å². The normalized spacial score (nSPS) is 17.0. The minimum Gasteiger partial charge on any atom is -0.336 e. The number of hydrogen-bond donors (Lipinski definition) is 2. The van der Waals surface area contributed by atoms with E-state index in [1.807, 2.05) is 34.9 Å². The van der Waals surface area contributed by atoms with Crippen molar-refractivity contribution in [1.82, 2.24) is 19.6 Å². The molecule has 0 bridgehead atoms. The molecule has 1 aliphatic heterocycles. The van der Waals surface area contributed by atoms with Crippen LogP contribution in [0.25, 0.3) is 5.65 Å². The number of pyridine rings is 1. The Labute approximate surface area is 140 Å². The number of benzene rings is 1. The van der Waals surface area contributed by atoms with Crippen LogP contribution < -0.4 is 10.6 Å². The summed E-state index contributed by atoms with van der Waals surface area (Å²) in [6.45, 7) is 1.48. The predicted molar refractivity (Wildman–Crippen MR) is 92.9 cm³/mol. The smallest absolute Gasteiger partial charge is 0.320 e. The molecule has 2 aromatic heterocycles. The molecule has 0 aliphatic carbocycles. The second-order valence-electron chi connectivity index (χ2n) is 6.03. The Morgan fingerprint density at radius 2 is 2.12 bits per heavy atom. The average Bonchev–Trinajstić information content (AvgIpc) is 3.17. The van der Waals surface area contributed by atoms with E-state index in [4.69, 9.17) is 0 Å². The van der Waals surface area contributed by atoms with Gasteiger partial charge in [0.25, 0.3) is 0 Å². The molecule has 0 saturated carbocycles. The van der Waals surface area contributed by atoms with Crippen molar-refractivity contribution >= 4 is 17.5 Å². The molecule has 0 radical (unpaired) electrons. The number of carbonyl (C=O) groups is 1. The molecule has 1 atom stereocenters. The highest BCUT2D eigenvalue weighted by Crippen LogP contribution is 2.31. The molecule has 3 aromatic rings. The third-order valence-electron chi connectivity index (χ3n) is 4.49. The molecule has 1 aromatic carbocycles. The second kappa shape index (κ2) is 5.98. The fourth-order valence-electron chi connectivity index (χ4n) is 3.28. The number of aromatic nitrogens is 2. The van der Waals surface area contributed by atoms with Crippen LogP contribution in [-0.2, 0) is 6.54 Å². The lowest BCUT2D eigenvalue weighted by Gasteiger charge is -2.21. The third kappa shape index (κ3) is 2.61. The Balaban J connectivity index is 1.43. The van der Waals surface area contributed by atoms with Crippen molar-refractivity contribution < 1.29 is 4.79 Å². The number of amides is 2. The van der Waals surface area contributed by atoms with E-state index >= 15 is 0 Å². The Kier molecular flexibility index (Phi) is 3.66. The van der Waals surface area contributed by atoms with Crippen molar-refractivity contribution in [3.05, 3.63) is 66.0 Å². The minimum absolute atomic E-state index is 0.205. The lowest BCUT2D eigenvalue weighted by atomic mass is 10.1. The monoisotopic (exact) mass is 321 g/mol. The number of anilines is 1. The first-order valence-electron chi connectivity index (χ1n) is 7.97. The fourth-order valence-corrected chi connectivity index (χ4v) is 3.28. The first-order chi connectivity index (χ1) is 11.7. The molecule has 0 saturated heterocycles. The Morgan fingerprint density at radius 1 is 1.25 bits per heavy atom. The van der Waals surface area contributed by atoms with Gasteiger partial charge in [0.15, 0.2) is 0 Å². The highest BCUT2D eigenvalue weighted by atomic mass is 16.2. The minimum atomic E-state index is -0.214. The molecule has 2 N–H and O–H groups in total. The van der Waals surface area contributed by atoms with Crippen molar-refractivity contribution in [3.63, 3.8) is 0 Å². The number of carbonyl (C=O) groups excluding carboxylic acids is 1. The lowest BCUT2D eigenvalue weighted by molar-refractivity contribution is 0.237. The van der Waals surface area contributed by atoms with E-state index in [-0.39, 0.29) is 12.1 Å². The average molecular weight is 321 g/mol. The maximum atomic E-state index is 12.3. The van der Waals surface area contributed by atoms with Crippen LogP contribution in [0.4, 0.5) is 10.6 Å². The van der Waals surface area contributed by atoms with Gasteiger partial charge in [0, 0.05) is 25.5 Å². The molecule has 1 unspecified atom stereocenters. The van der Waals surface area contributed by atoms with Gasteiger partial charge in [-0.2, -0.15) is 0 Å². The van der Waals surface area contributed by atoms with Gasteiger partial charge in [-0.1, -0.05) is 30.3 Å². The van der Waals surface area contributed by atoms with Gasteiger partial charge in [-0.15, -0.1) is 0 Å². The van der Waals surface area contributed by atoms with Crippen LogP contribution >= 0.6 is 0 Å². The van der Waals surface area contributed by atoms with Crippen molar-refractivity contribution in [2.45, 2.75) is 12.6 Å². The predicted octanol–water partition coefficient (Wildman–Crippen LogP) is 2.64. The molecule has 6 heteroatoms. The zero-order chi connectivity index (χ0) is 16.5. The van der Waals surface area contributed by atoms with E-state index in [1.54, 1.807) is 6.20 Å². The lowest BCUT2D eigenvalue weighted by Crippen LogP contribution is -2.36. The number of fused-ring (bicyclic) bond motifs is 2. The quantitative estimate of drug-likeness (QED) is 0.779. The first-order valence-corrected chi connectivity index (χ1v) is 7.97. The van der Waals surface area contributed by atoms with Crippen LogP contribution in [0, 0.1) is 0 Å². The van der Waals surface area contributed by atoms with Crippen LogP contribution in [0.15, 0.2) is 54.9 Å². The molecular weight excluding hydrogens is 302 g/mol. The number of hydrogen-bond acceptors (Lipinski definition) is 3. The first kappa shape index (κ1) is 14.7. The van der Waals surface area contributed by atoms with Gasteiger partial charge >= 0.3 is 6.03 Å². The summed E-state index contributed by atoms with van der Waals surface area (Å²) in [5.41, 5.74) is 3.42. The molecule has 3 heterocycles. The van der Waals surface area contributed by atoms with Crippen molar-refractivity contribution in [1.29, 1.82) is 0 Å². The fraction of sp³-hybridized carbons (Fsp3) is 0.222. The summed E-state index contributed by atoms with van der Waals surface area (Å²) in [6, 6.07) is 14.0. The zero-order valence-corrected chi connectivity index (χ0v) is 13.4. The largest absolute Gasteiger partial charge is 0.336 e. The topological polar surface area (TPSA) is 61.7 Å². The summed E-state index contributed by atoms with van der Waals surface area (Å²) in [5, 5.41) is 5.86. The summed E-state index contributed by atoms with van der Waals surface area (Å²) in [4.78, 5) is 18.7. The number of nitrogens with zero attached hydrogens (tertiary/aromatic N) is 3. The summed E-state index contributed by atoms with van der Waals surface area (Å²) >= 11 is 0. The number of nitrogens with one attached hydrogen (secondary N) is 2. The van der Waals surface area contributed by atoms with Gasteiger partial charge in [0.2, 0.25) is 0 Å². The molecule has 2 amide bonds. The summed E-state index contributed by atoms with van der Waals surface area (Å²) in [6.07, 6.45) is 3.54. The highest BCUT2D eigenvalue weighted by Gasteiger charge is 2.27. The van der Waals surface area contributed by atoms with E-state index in [2.05, 4.69) is 45.8 Å². The molecular formula is C18H19N5O. The van der Waals surface area contributed by atoms with Gasteiger partial charge < -0.3 is 5.32 Å². The maximum Gasteiger partial charge on any atom is 0.320 e. The standard InChI is InChI=1S/C18H19N5O/c1-22-12-13-5-2-3-6-14(13)15(22)11-20-18(24)21-17-8-4-7-16-19-9-10-23(16)17/h2-10,15H,11-12H2,1H3,(H2,20,21,24). The molecule has 0 spiro atoms. The summed E-state index contributed by atoms with van der Waals surface area (Å²) in [5.74, 6) is 0.697.